The van der Waals surface area contributed by atoms with Gasteiger partial charge in [0.25, 0.3) is 5.91 Å². The van der Waals surface area contributed by atoms with Gasteiger partial charge in [0.15, 0.2) is 5.54 Å². The number of piperidine rings is 1. The van der Waals surface area contributed by atoms with Crippen molar-refractivity contribution in [2.45, 2.75) is 38.8 Å². The van der Waals surface area contributed by atoms with Gasteiger partial charge < -0.3 is 10.2 Å². The maximum atomic E-state index is 13.8. The molecule has 8 heteroatoms. The van der Waals surface area contributed by atoms with Crippen LogP contribution in [0.5, 0.6) is 0 Å². The van der Waals surface area contributed by atoms with Gasteiger partial charge in [-0.2, -0.15) is 11.3 Å². The Kier molecular flexibility index (Phi) is 5.91. The van der Waals surface area contributed by atoms with Crippen molar-refractivity contribution < 1.29 is 14.4 Å². The number of imide groups is 1. The van der Waals surface area contributed by atoms with Gasteiger partial charge in [-0.05, 0) is 61.1 Å². The summed E-state index contributed by atoms with van der Waals surface area (Å²) in [6, 6.07) is 5.17. The first-order valence-electron chi connectivity index (χ1n) is 10.4. The van der Waals surface area contributed by atoms with Gasteiger partial charge in [0.05, 0.1) is 6.54 Å². The van der Waals surface area contributed by atoms with E-state index >= 15 is 0 Å². The van der Waals surface area contributed by atoms with E-state index in [9.17, 15) is 14.4 Å². The van der Waals surface area contributed by atoms with Gasteiger partial charge >= 0.3 is 6.03 Å². The van der Waals surface area contributed by atoms with E-state index < -0.39 is 5.54 Å². The molecule has 1 atom stereocenters. The van der Waals surface area contributed by atoms with Gasteiger partial charge in [-0.3, -0.25) is 19.5 Å². The third kappa shape index (κ3) is 3.76. The number of hydrogen-bond acceptors (Lipinski definition) is 5. The number of rotatable bonds is 5. The lowest BCUT2D eigenvalue weighted by molar-refractivity contribution is -0.135. The quantitative estimate of drug-likeness (QED) is 0.574. The van der Waals surface area contributed by atoms with Gasteiger partial charge in [-0.15, -0.1) is 0 Å². The van der Waals surface area contributed by atoms with Crippen LogP contribution in [0.15, 0.2) is 53.0 Å². The molecule has 4 amide bonds. The highest BCUT2D eigenvalue weighted by atomic mass is 32.1. The highest BCUT2D eigenvalue weighted by Gasteiger charge is 2.57. The second-order valence-corrected chi connectivity index (χ2v) is 8.82. The lowest BCUT2D eigenvalue weighted by Crippen LogP contribution is -2.54. The van der Waals surface area contributed by atoms with Gasteiger partial charge in [-0.25, -0.2) is 4.79 Å². The smallest absolute Gasteiger partial charge is 0.325 e. The first-order chi connectivity index (χ1) is 15.0. The molecule has 0 radical (unpaired) electrons. The molecule has 1 N–H and O–H groups in total. The monoisotopic (exact) mass is 438 g/mol. The fraction of sp³-hybridized carbons (Fsp3) is 0.391. The Morgan fingerprint density at radius 2 is 2.10 bits per heavy atom. The van der Waals surface area contributed by atoms with Crippen LogP contribution in [-0.2, 0) is 21.7 Å². The predicted molar refractivity (Wildman–Crippen MR) is 118 cm³/mol. The maximum Gasteiger partial charge on any atom is 0.325 e. The Hall–Kier alpha value is -3.00. The molecule has 31 heavy (non-hydrogen) atoms. The van der Waals surface area contributed by atoms with Crippen LogP contribution in [0.25, 0.3) is 0 Å². The Morgan fingerprint density at radius 1 is 1.32 bits per heavy atom. The zero-order valence-corrected chi connectivity index (χ0v) is 18.5. The van der Waals surface area contributed by atoms with Crippen molar-refractivity contribution in [2.75, 3.05) is 13.1 Å². The molecule has 2 aliphatic heterocycles. The highest BCUT2D eigenvalue weighted by molar-refractivity contribution is 7.07. The summed E-state index contributed by atoms with van der Waals surface area (Å²) in [6.07, 6.45) is 6.37. The van der Waals surface area contributed by atoms with Crippen LogP contribution < -0.4 is 5.32 Å². The number of likely N-dealkylation sites (tertiary alicyclic amines) is 1. The van der Waals surface area contributed by atoms with Crippen LogP contribution in [0.2, 0.25) is 0 Å². The molecular formula is C23H26N4O3S. The number of carbonyl (C=O) groups is 3. The number of thiophene rings is 1. The van der Waals surface area contributed by atoms with Crippen LogP contribution >= 0.6 is 11.3 Å². The number of aromatic nitrogens is 1. The lowest BCUT2D eigenvalue weighted by atomic mass is 9.73. The maximum absolute atomic E-state index is 13.8. The number of carbonyl (C=O) groups excluding carboxylic acids is 3. The molecule has 0 spiro atoms. The zero-order valence-electron chi connectivity index (χ0n) is 17.7. The van der Waals surface area contributed by atoms with Crippen molar-refractivity contribution >= 4 is 29.2 Å². The Labute approximate surface area is 185 Å². The summed E-state index contributed by atoms with van der Waals surface area (Å²) in [5, 5.41) is 6.90. The highest BCUT2D eigenvalue weighted by Crippen LogP contribution is 2.41. The van der Waals surface area contributed by atoms with E-state index in [2.05, 4.69) is 10.3 Å². The van der Waals surface area contributed by atoms with Crippen molar-refractivity contribution in [3.63, 3.8) is 0 Å². The predicted octanol–water partition coefficient (Wildman–Crippen LogP) is 3.30. The van der Waals surface area contributed by atoms with Gasteiger partial charge in [-0.1, -0.05) is 12.1 Å². The number of allylic oxidation sites excluding steroid dienone is 1. The molecule has 2 aliphatic rings. The van der Waals surface area contributed by atoms with Gasteiger partial charge in [0.1, 0.15) is 0 Å². The van der Waals surface area contributed by atoms with Crippen LogP contribution in [0.3, 0.4) is 0 Å². The average Bonchev–Trinajstić information content (AvgIpc) is 3.41. The topological polar surface area (TPSA) is 82.6 Å². The number of amides is 4. The molecule has 2 aromatic rings. The largest absolute Gasteiger partial charge is 0.339 e. The van der Waals surface area contributed by atoms with Crippen molar-refractivity contribution in [2.24, 2.45) is 5.92 Å². The molecule has 4 heterocycles. The first-order valence-corrected chi connectivity index (χ1v) is 11.4. The summed E-state index contributed by atoms with van der Waals surface area (Å²) in [7, 11) is 0. The van der Waals surface area contributed by atoms with E-state index in [-0.39, 0.29) is 30.3 Å². The van der Waals surface area contributed by atoms with Crippen molar-refractivity contribution in [3.05, 3.63) is 64.1 Å². The van der Waals surface area contributed by atoms with Crippen molar-refractivity contribution in [1.82, 2.24) is 20.1 Å². The van der Waals surface area contributed by atoms with E-state index in [1.165, 1.54) is 16.2 Å². The molecule has 0 bridgehead atoms. The molecule has 0 aromatic carbocycles. The Balaban J connectivity index is 1.63. The van der Waals surface area contributed by atoms with Crippen molar-refractivity contribution in [1.29, 1.82) is 0 Å². The fourth-order valence-corrected chi connectivity index (χ4v) is 5.16. The standard InChI is InChI=1S/C23H26N4O3S/c1-3-16(2)20(28)26-10-6-18(7-11-26)23(19-5-4-9-24-13-19)21(29)27(22(30)25-23)14-17-8-12-31-15-17/h3-5,8-9,12-13,15,18H,6-7,10-11,14H2,1-2H3,(H,25,30)/b16-3+/t23-/m0/s1. The van der Waals surface area contributed by atoms with E-state index in [1.807, 2.05) is 47.7 Å². The summed E-state index contributed by atoms with van der Waals surface area (Å²) >= 11 is 1.54. The van der Waals surface area contributed by atoms with E-state index in [1.54, 1.807) is 18.5 Å². The van der Waals surface area contributed by atoms with E-state index in [0.29, 0.717) is 37.1 Å². The van der Waals surface area contributed by atoms with E-state index in [0.717, 1.165) is 5.56 Å². The second kappa shape index (κ2) is 8.63. The number of urea groups is 1. The minimum Gasteiger partial charge on any atom is -0.339 e. The summed E-state index contributed by atoms with van der Waals surface area (Å²) in [4.78, 5) is 46.6. The summed E-state index contributed by atoms with van der Waals surface area (Å²) in [5.74, 6) is -0.348. The SMILES string of the molecule is C/C=C(\C)C(=O)N1CCC([C@@]2(c3cccnc3)NC(=O)N(Cc3ccsc3)C2=O)CC1. The summed E-state index contributed by atoms with van der Waals surface area (Å²) in [5.41, 5.74) is 1.17. The van der Waals surface area contributed by atoms with Gasteiger partial charge in [0, 0.05) is 36.6 Å². The zero-order chi connectivity index (χ0) is 22.0. The van der Waals surface area contributed by atoms with E-state index in [4.69, 9.17) is 0 Å². The molecule has 2 aromatic heterocycles. The Bertz CT molecular complexity index is 997. The fourth-order valence-electron chi connectivity index (χ4n) is 4.50. The van der Waals surface area contributed by atoms with Crippen LogP contribution in [0.1, 0.15) is 37.8 Å². The number of nitrogens with zero attached hydrogens (tertiary/aromatic N) is 3. The third-order valence-corrected chi connectivity index (χ3v) is 7.07. The molecule has 0 aliphatic carbocycles. The van der Waals surface area contributed by atoms with Crippen LogP contribution in [-0.4, -0.2) is 45.7 Å². The molecule has 162 valence electrons. The molecule has 0 saturated carbocycles. The average molecular weight is 439 g/mol. The van der Waals surface area contributed by atoms with Crippen molar-refractivity contribution in [3.8, 4) is 0 Å². The minimum absolute atomic E-state index is 0.0252. The second-order valence-electron chi connectivity index (χ2n) is 8.04. The normalized spacial score (nSPS) is 22.7. The number of pyridine rings is 1. The lowest BCUT2D eigenvalue weighted by Gasteiger charge is -2.41. The Morgan fingerprint density at radius 3 is 2.71 bits per heavy atom. The van der Waals surface area contributed by atoms with Crippen LogP contribution in [0, 0.1) is 5.92 Å². The molecule has 7 nitrogen and oxygen atoms in total. The van der Waals surface area contributed by atoms with Crippen LogP contribution in [0.4, 0.5) is 4.79 Å². The molecule has 0 unspecified atom stereocenters. The number of hydrogen-bond donors (Lipinski definition) is 1. The molecule has 4 rings (SSSR count). The molecular weight excluding hydrogens is 412 g/mol. The van der Waals surface area contributed by atoms with Gasteiger partial charge in [0.2, 0.25) is 5.91 Å². The minimum atomic E-state index is -1.16. The third-order valence-electron chi connectivity index (χ3n) is 6.33. The number of nitrogens with one attached hydrogen (secondary N) is 1. The summed E-state index contributed by atoms with van der Waals surface area (Å²) in [6.45, 7) is 5.00. The molecule has 2 fully saturated rings. The molecule has 2 saturated heterocycles. The first kappa shape index (κ1) is 21.2. The summed E-state index contributed by atoms with van der Waals surface area (Å²) < 4.78 is 0.